The first-order valence-corrected chi connectivity index (χ1v) is 6.28. The van der Waals surface area contributed by atoms with Crippen LogP contribution in [0.1, 0.15) is 23.6 Å². The summed E-state index contributed by atoms with van der Waals surface area (Å²) in [4.78, 5) is 0. The molecule has 0 radical (unpaired) electrons. The molecular formula is C14H20FNO2. The van der Waals surface area contributed by atoms with Crippen LogP contribution in [-0.2, 0) is 15.9 Å². The lowest BCUT2D eigenvalue weighted by Gasteiger charge is -2.19. The zero-order chi connectivity index (χ0) is 13.0. The summed E-state index contributed by atoms with van der Waals surface area (Å²) in [5, 5.41) is 3.43. The summed E-state index contributed by atoms with van der Waals surface area (Å²) in [7, 11) is 3.33. The van der Waals surface area contributed by atoms with E-state index in [0.717, 1.165) is 24.0 Å². The van der Waals surface area contributed by atoms with Gasteiger partial charge in [0.15, 0.2) is 0 Å². The minimum Gasteiger partial charge on any atom is -0.382 e. The molecule has 2 atom stereocenters. The third-order valence-corrected chi connectivity index (χ3v) is 3.49. The molecule has 1 aromatic rings. The van der Waals surface area contributed by atoms with Gasteiger partial charge in [-0.05, 0) is 30.0 Å². The van der Waals surface area contributed by atoms with Gasteiger partial charge < -0.3 is 14.8 Å². The maximum Gasteiger partial charge on any atom is 0.126 e. The Morgan fingerprint density at radius 3 is 3.00 bits per heavy atom. The van der Waals surface area contributed by atoms with Crippen molar-refractivity contribution in [2.75, 3.05) is 27.4 Å². The molecule has 0 aromatic heterocycles. The fourth-order valence-electron chi connectivity index (χ4n) is 2.49. The van der Waals surface area contributed by atoms with Crippen LogP contribution in [0.5, 0.6) is 0 Å². The first-order chi connectivity index (χ1) is 8.76. The van der Waals surface area contributed by atoms with Gasteiger partial charge in [0.05, 0.1) is 12.7 Å². The van der Waals surface area contributed by atoms with Crippen LogP contribution in [0.3, 0.4) is 0 Å². The number of fused-ring (bicyclic) bond motifs is 1. The van der Waals surface area contributed by atoms with E-state index >= 15 is 0 Å². The van der Waals surface area contributed by atoms with Gasteiger partial charge in [0.2, 0.25) is 0 Å². The minimum absolute atomic E-state index is 0.0348. The van der Waals surface area contributed by atoms with Crippen molar-refractivity contribution in [3.8, 4) is 0 Å². The Morgan fingerprint density at radius 1 is 1.44 bits per heavy atom. The summed E-state index contributed by atoms with van der Waals surface area (Å²) in [5.41, 5.74) is 1.94. The highest BCUT2D eigenvalue weighted by atomic mass is 19.1. The predicted molar refractivity (Wildman–Crippen MR) is 68.1 cm³/mol. The standard InChI is InChI=1S/C14H20FNO2/c1-17-9-10(18-2)8-16-14-7-6-11-12(14)4-3-5-13(11)15/h3-5,10,14,16H,6-9H2,1-2H3. The molecular weight excluding hydrogens is 233 g/mol. The summed E-state index contributed by atoms with van der Waals surface area (Å²) in [6.07, 6.45) is 1.79. The van der Waals surface area contributed by atoms with E-state index in [-0.39, 0.29) is 18.0 Å². The molecule has 18 heavy (non-hydrogen) atoms. The van der Waals surface area contributed by atoms with Crippen LogP contribution in [0.2, 0.25) is 0 Å². The van der Waals surface area contributed by atoms with E-state index in [1.807, 2.05) is 6.07 Å². The van der Waals surface area contributed by atoms with Crippen molar-refractivity contribution in [1.82, 2.24) is 5.32 Å². The maximum absolute atomic E-state index is 13.6. The lowest BCUT2D eigenvalue weighted by molar-refractivity contribution is 0.0273. The molecule has 3 nitrogen and oxygen atoms in total. The van der Waals surface area contributed by atoms with Gasteiger partial charge in [0.1, 0.15) is 5.82 Å². The Balaban J connectivity index is 1.95. The second kappa shape index (κ2) is 6.27. The number of ether oxygens (including phenoxy) is 2. The molecule has 2 rings (SSSR count). The fraction of sp³-hybridized carbons (Fsp3) is 0.571. The molecule has 1 N–H and O–H groups in total. The van der Waals surface area contributed by atoms with Gasteiger partial charge in [-0.2, -0.15) is 0 Å². The number of methoxy groups -OCH3 is 2. The van der Waals surface area contributed by atoms with Crippen LogP contribution in [0.15, 0.2) is 18.2 Å². The molecule has 1 aliphatic rings. The van der Waals surface area contributed by atoms with Crippen LogP contribution >= 0.6 is 0 Å². The monoisotopic (exact) mass is 253 g/mol. The van der Waals surface area contributed by atoms with Crippen molar-refractivity contribution in [1.29, 1.82) is 0 Å². The Bertz CT molecular complexity index is 397. The molecule has 1 aromatic carbocycles. The lowest BCUT2D eigenvalue weighted by Crippen LogP contribution is -2.33. The molecule has 0 saturated carbocycles. The van der Waals surface area contributed by atoms with E-state index in [1.54, 1.807) is 20.3 Å². The highest BCUT2D eigenvalue weighted by molar-refractivity contribution is 5.35. The predicted octanol–water partition coefficient (Wildman–Crippen LogP) is 2.06. The molecule has 100 valence electrons. The SMILES string of the molecule is COCC(CNC1CCc2c(F)cccc21)OC. The van der Waals surface area contributed by atoms with E-state index in [2.05, 4.69) is 5.32 Å². The van der Waals surface area contributed by atoms with Crippen LogP contribution in [-0.4, -0.2) is 33.5 Å². The number of hydrogen-bond acceptors (Lipinski definition) is 3. The van der Waals surface area contributed by atoms with Crippen LogP contribution in [0.4, 0.5) is 4.39 Å². The number of rotatable bonds is 6. The minimum atomic E-state index is -0.0861. The van der Waals surface area contributed by atoms with E-state index in [4.69, 9.17) is 9.47 Å². The van der Waals surface area contributed by atoms with Crippen molar-refractivity contribution in [3.63, 3.8) is 0 Å². The Labute approximate surface area is 107 Å². The first-order valence-electron chi connectivity index (χ1n) is 6.28. The van der Waals surface area contributed by atoms with Crippen molar-refractivity contribution in [3.05, 3.63) is 35.1 Å². The molecule has 0 saturated heterocycles. The molecule has 1 aliphatic carbocycles. The van der Waals surface area contributed by atoms with E-state index in [0.29, 0.717) is 13.2 Å². The molecule has 0 amide bonds. The van der Waals surface area contributed by atoms with E-state index in [9.17, 15) is 4.39 Å². The first kappa shape index (κ1) is 13.5. The van der Waals surface area contributed by atoms with Crippen LogP contribution < -0.4 is 5.32 Å². The van der Waals surface area contributed by atoms with Gasteiger partial charge >= 0.3 is 0 Å². The summed E-state index contributed by atoms with van der Waals surface area (Å²) < 4.78 is 24.0. The molecule has 0 aliphatic heterocycles. The van der Waals surface area contributed by atoms with Gasteiger partial charge in [0.25, 0.3) is 0 Å². The molecule has 2 unspecified atom stereocenters. The average Bonchev–Trinajstić information content (AvgIpc) is 2.79. The zero-order valence-electron chi connectivity index (χ0n) is 10.9. The number of nitrogens with one attached hydrogen (secondary N) is 1. The maximum atomic E-state index is 13.6. The van der Waals surface area contributed by atoms with Crippen LogP contribution in [0.25, 0.3) is 0 Å². The third-order valence-electron chi connectivity index (χ3n) is 3.49. The second-order valence-electron chi connectivity index (χ2n) is 4.62. The molecule has 0 heterocycles. The number of benzene rings is 1. The quantitative estimate of drug-likeness (QED) is 0.842. The van der Waals surface area contributed by atoms with Gasteiger partial charge in [-0.15, -0.1) is 0 Å². The summed E-state index contributed by atoms with van der Waals surface area (Å²) >= 11 is 0. The topological polar surface area (TPSA) is 30.5 Å². The van der Waals surface area contributed by atoms with Crippen molar-refractivity contribution >= 4 is 0 Å². The molecule has 0 bridgehead atoms. The Morgan fingerprint density at radius 2 is 2.28 bits per heavy atom. The molecule has 4 heteroatoms. The van der Waals surface area contributed by atoms with Gasteiger partial charge in [0, 0.05) is 26.8 Å². The molecule has 0 spiro atoms. The highest BCUT2D eigenvalue weighted by Gasteiger charge is 2.24. The zero-order valence-corrected chi connectivity index (χ0v) is 10.9. The Hall–Kier alpha value is -0.970. The summed E-state index contributed by atoms with van der Waals surface area (Å²) in [6.45, 7) is 1.27. The van der Waals surface area contributed by atoms with Crippen molar-refractivity contribution in [2.45, 2.75) is 25.0 Å². The normalized spacial score (nSPS) is 19.8. The van der Waals surface area contributed by atoms with Crippen LogP contribution in [0, 0.1) is 5.82 Å². The Kier molecular flexibility index (Phi) is 4.69. The summed E-state index contributed by atoms with van der Waals surface area (Å²) in [6, 6.07) is 5.54. The van der Waals surface area contributed by atoms with E-state index < -0.39 is 0 Å². The lowest BCUT2D eigenvalue weighted by atomic mass is 10.1. The smallest absolute Gasteiger partial charge is 0.126 e. The second-order valence-corrected chi connectivity index (χ2v) is 4.62. The van der Waals surface area contributed by atoms with Gasteiger partial charge in [-0.3, -0.25) is 0 Å². The van der Waals surface area contributed by atoms with Crippen molar-refractivity contribution in [2.24, 2.45) is 0 Å². The van der Waals surface area contributed by atoms with Gasteiger partial charge in [-0.1, -0.05) is 12.1 Å². The van der Waals surface area contributed by atoms with Crippen molar-refractivity contribution < 1.29 is 13.9 Å². The average molecular weight is 253 g/mol. The summed E-state index contributed by atoms with van der Waals surface area (Å²) in [5.74, 6) is -0.0861. The highest BCUT2D eigenvalue weighted by Crippen LogP contribution is 2.32. The largest absolute Gasteiger partial charge is 0.382 e. The number of halogens is 1. The molecule has 0 fully saturated rings. The third kappa shape index (κ3) is 2.88. The number of hydrogen-bond donors (Lipinski definition) is 1. The van der Waals surface area contributed by atoms with E-state index in [1.165, 1.54) is 6.07 Å². The fourth-order valence-corrected chi connectivity index (χ4v) is 2.49. The van der Waals surface area contributed by atoms with Gasteiger partial charge in [-0.25, -0.2) is 4.39 Å².